The summed E-state index contributed by atoms with van der Waals surface area (Å²) in [5.41, 5.74) is 1.10. The molecule has 156 valence electrons. The number of aryl methyl sites for hydroxylation is 1. The van der Waals surface area contributed by atoms with Crippen molar-refractivity contribution in [3.8, 4) is 5.75 Å². The zero-order valence-electron chi connectivity index (χ0n) is 16.4. The molecular weight excluding hydrogens is 381 g/mol. The Morgan fingerprint density at radius 1 is 1.00 bits per heavy atom. The van der Waals surface area contributed by atoms with Crippen LogP contribution in [0.5, 0.6) is 5.75 Å². The van der Waals surface area contributed by atoms with Crippen LogP contribution in [0.1, 0.15) is 23.1 Å². The Kier molecular flexibility index (Phi) is 6.79. The van der Waals surface area contributed by atoms with E-state index in [1.165, 1.54) is 12.1 Å². The van der Waals surface area contributed by atoms with Gasteiger partial charge < -0.3 is 9.64 Å². The number of nitrogens with zero attached hydrogens (tertiary/aromatic N) is 2. The van der Waals surface area contributed by atoms with Crippen molar-refractivity contribution in [2.24, 2.45) is 0 Å². The molecule has 0 aliphatic carbocycles. The molecule has 1 aliphatic rings. The van der Waals surface area contributed by atoms with Crippen molar-refractivity contribution in [3.63, 3.8) is 0 Å². The maximum absolute atomic E-state index is 12.9. The summed E-state index contributed by atoms with van der Waals surface area (Å²) >= 11 is 0. The minimum Gasteiger partial charge on any atom is -0.497 e. The van der Waals surface area contributed by atoms with Crippen LogP contribution in [0, 0.1) is 0 Å². The number of carbonyl (C=O) groups is 1. The lowest BCUT2D eigenvalue weighted by Crippen LogP contribution is -2.48. The minimum absolute atomic E-state index is 0.111. The molecule has 29 heavy (non-hydrogen) atoms. The van der Waals surface area contributed by atoms with Crippen molar-refractivity contribution < 1.29 is 22.7 Å². The largest absolute Gasteiger partial charge is 0.497 e. The number of carbonyl (C=O) groups excluding carboxylic acids is 1. The maximum Gasteiger partial charge on any atom is 0.416 e. The van der Waals surface area contributed by atoms with Crippen LogP contribution in [-0.2, 0) is 23.9 Å². The molecule has 1 fully saturated rings. The Morgan fingerprint density at radius 2 is 1.69 bits per heavy atom. The normalized spacial score (nSPS) is 15.4. The van der Waals surface area contributed by atoms with Crippen molar-refractivity contribution in [3.05, 3.63) is 65.2 Å². The van der Waals surface area contributed by atoms with Gasteiger partial charge in [-0.2, -0.15) is 13.2 Å². The summed E-state index contributed by atoms with van der Waals surface area (Å²) in [4.78, 5) is 16.4. The van der Waals surface area contributed by atoms with Gasteiger partial charge in [0.1, 0.15) is 5.75 Å². The molecule has 0 spiro atoms. The van der Waals surface area contributed by atoms with E-state index >= 15 is 0 Å². The molecule has 0 atom stereocenters. The van der Waals surface area contributed by atoms with E-state index in [1.807, 2.05) is 29.2 Å². The van der Waals surface area contributed by atoms with Gasteiger partial charge in [-0.25, -0.2) is 0 Å². The fraction of sp³-hybridized carbons (Fsp3) is 0.409. The first-order valence-electron chi connectivity index (χ1n) is 9.64. The number of hydrogen-bond acceptors (Lipinski definition) is 3. The SMILES string of the molecule is COc1ccc(CCC(=O)N2CCN(Cc3cccc(C(F)(F)F)c3)CC2)cc1. The van der Waals surface area contributed by atoms with E-state index in [4.69, 9.17) is 4.74 Å². The van der Waals surface area contributed by atoms with Crippen LogP contribution in [0.25, 0.3) is 0 Å². The first-order valence-corrected chi connectivity index (χ1v) is 9.64. The van der Waals surface area contributed by atoms with Crippen molar-refractivity contribution in [2.75, 3.05) is 33.3 Å². The van der Waals surface area contributed by atoms with Crippen LogP contribution in [0.4, 0.5) is 13.2 Å². The van der Waals surface area contributed by atoms with E-state index < -0.39 is 11.7 Å². The number of halogens is 3. The monoisotopic (exact) mass is 406 g/mol. The molecule has 0 aromatic heterocycles. The second-order valence-corrected chi connectivity index (χ2v) is 7.20. The second kappa shape index (κ2) is 9.31. The van der Waals surface area contributed by atoms with Crippen molar-refractivity contribution in [1.29, 1.82) is 0 Å². The molecular formula is C22H25F3N2O2. The minimum atomic E-state index is -4.33. The zero-order chi connectivity index (χ0) is 20.9. The van der Waals surface area contributed by atoms with Crippen LogP contribution < -0.4 is 4.74 Å². The fourth-order valence-electron chi connectivity index (χ4n) is 3.46. The van der Waals surface area contributed by atoms with Gasteiger partial charge in [0.2, 0.25) is 5.91 Å². The average molecular weight is 406 g/mol. The van der Waals surface area contributed by atoms with E-state index in [1.54, 1.807) is 13.2 Å². The molecule has 7 heteroatoms. The lowest BCUT2D eigenvalue weighted by atomic mass is 10.1. The Balaban J connectivity index is 1.45. The number of methoxy groups -OCH3 is 1. The van der Waals surface area contributed by atoms with Crippen molar-refractivity contribution in [1.82, 2.24) is 9.80 Å². The molecule has 0 saturated carbocycles. The highest BCUT2D eigenvalue weighted by atomic mass is 19.4. The first kappa shape index (κ1) is 21.2. The van der Waals surface area contributed by atoms with E-state index in [0.717, 1.165) is 17.4 Å². The topological polar surface area (TPSA) is 32.8 Å². The summed E-state index contributed by atoms with van der Waals surface area (Å²) in [6, 6.07) is 13.1. The number of ether oxygens (including phenoxy) is 1. The van der Waals surface area contributed by atoms with E-state index in [0.29, 0.717) is 51.1 Å². The van der Waals surface area contributed by atoms with Gasteiger partial charge in [-0.3, -0.25) is 9.69 Å². The Hall–Kier alpha value is -2.54. The summed E-state index contributed by atoms with van der Waals surface area (Å²) in [5, 5.41) is 0. The molecule has 2 aromatic carbocycles. The highest BCUT2D eigenvalue weighted by Crippen LogP contribution is 2.29. The van der Waals surface area contributed by atoms with Gasteiger partial charge in [-0.05, 0) is 35.7 Å². The third-order valence-corrected chi connectivity index (χ3v) is 5.17. The van der Waals surface area contributed by atoms with E-state index in [9.17, 15) is 18.0 Å². The Bertz CT molecular complexity index is 814. The van der Waals surface area contributed by atoms with Crippen LogP contribution in [0.3, 0.4) is 0 Å². The highest BCUT2D eigenvalue weighted by molar-refractivity contribution is 5.76. The highest BCUT2D eigenvalue weighted by Gasteiger charge is 2.30. The Labute approximate surface area is 168 Å². The maximum atomic E-state index is 12.9. The second-order valence-electron chi connectivity index (χ2n) is 7.20. The van der Waals surface area contributed by atoms with Gasteiger partial charge in [-0.15, -0.1) is 0 Å². The molecule has 0 radical (unpaired) electrons. The molecule has 1 amide bonds. The van der Waals surface area contributed by atoms with Crippen LogP contribution in [-0.4, -0.2) is 49.0 Å². The lowest BCUT2D eigenvalue weighted by molar-refractivity contribution is -0.137. The number of benzene rings is 2. The third-order valence-electron chi connectivity index (χ3n) is 5.17. The fourth-order valence-corrected chi connectivity index (χ4v) is 3.46. The molecule has 1 aliphatic heterocycles. The van der Waals surface area contributed by atoms with Crippen LogP contribution >= 0.6 is 0 Å². The third kappa shape index (κ3) is 5.97. The van der Waals surface area contributed by atoms with Crippen molar-refractivity contribution >= 4 is 5.91 Å². The molecule has 1 saturated heterocycles. The molecule has 0 N–H and O–H groups in total. The number of hydrogen-bond donors (Lipinski definition) is 0. The first-order chi connectivity index (χ1) is 13.8. The predicted molar refractivity (Wildman–Crippen MR) is 105 cm³/mol. The Morgan fingerprint density at radius 3 is 2.31 bits per heavy atom. The number of piperazine rings is 1. The van der Waals surface area contributed by atoms with Gasteiger partial charge in [-0.1, -0.05) is 30.3 Å². The van der Waals surface area contributed by atoms with Gasteiger partial charge in [0.25, 0.3) is 0 Å². The lowest BCUT2D eigenvalue weighted by Gasteiger charge is -2.35. The summed E-state index contributed by atoms with van der Waals surface area (Å²) < 4.78 is 43.7. The van der Waals surface area contributed by atoms with E-state index in [2.05, 4.69) is 4.90 Å². The zero-order valence-corrected chi connectivity index (χ0v) is 16.4. The summed E-state index contributed by atoms with van der Waals surface area (Å²) in [7, 11) is 1.62. The molecule has 0 unspecified atom stereocenters. The van der Waals surface area contributed by atoms with Crippen LogP contribution in [0.15, 0.2) is 48.5 Å². The van der Waals surface area contributed by atoms with E-state index in [-0.39, 0.29) is 5.91 Å². The van der Waals surface area contributed by atoms with Crippen molar-refractivity contribution in [2.45, 2.75) is 25.6 Å². The van der Waals surface area contributed by atoms with Crippen LogP contribution in [0.2, 0.25) is 0 Å². The molecule has 4 nitrogen and oxygen atoms in total. The number of rotatable bonds is 6. The summed E-state index contributed by atoms with van der Waals surface area (Å²) in [6.45, 7) is 2.97. The number of amides is 1. The van der Waals surface area contributed by atoms with Gasteiger partial charge in [0.15, 0.2) is 0 Å². The standard InChI is InChI=1S/C22H25F3N2O2/c1-29-20-8-5-17(6-9-20)7-10-21(28)27-13-11-26(12-14-27)16-18-3-2-4-19(15-18)22(23,24)25/h2-6,8-9,15H,7,10-14,16H2,1H3. The van der Waals surface area contributed by atoms with Gasteiger partial charge >= 0.3 is 6.18 Å². The van der Waals surface area contributed by atoms with Gasteiger partial charge in [0, 0.05) is 39.1 Å². The predicted octanol–water partition coefficient (Wildman–Crippen LogP) is 3.99. The molecule has 2 aromatic rings. The molecule has 3 rings (SSSR count). The summed E-state index contributed by atoms with van der Waals surface area (Å²) in [5.74, 6) is 0.900. The summed E-state index contributed by atoms with van der Waals surface area (Å²) in [6.07, 6.45) is -3.21. The smallest absolute Gasteiger partial charge is 0.416 e. The average Bonchev–Trinajstić information content (AvgIpc) is 2.72. The van der Waals surface area contributed by atoms with Gasteiger partial charge in [0.05, 0.1) is 12.7 Å². The molecule has 1 heterocycles. The molecule has 0 bridgehead atoms. The number of alkyl halides is 3. The quantitative estimate of drug-likeness (QED) is 0.727.